The van der Waals surface area contributed by atoms with Gasteiger partial charge in [0.05, 0.1) is 0 Å². The summed E-state index contributed by atoms with van der Waals surface area (Å²) in [5.41, 5.74) is 0. The van der Waals surface area contributed by atoms with Crippen molar-refractivity contribution < 1.29 is 0 Å². The zero-order chi connectivity index (χ0) is 8.81. The fourth-order valence-electron chi connectivity index (χ4n) is 1.10. The van der Waals surface area contributed by atoms with Crippen LogP contribution in [0.2, 0.25) is 0 Å². The summed E-state index contributed by atoms with van der Waals surface area (Å²) in [4.78, 5) is 0. The molecule has 1 unspecified atom stereocenters. The van der Waals surface area contributed by atoms with Crippen LogP contribution in [0.15, 0.2) is 43.0 Å². The minimum atomic E-state index is 0.0472. The molecule has 0 N–H and O–H groups in total. The van der Waals surface area contributed by atoms with Gasteiger partial charge >= 0.3 is 0 Å². The molecule has 0 spiro atoms. The van der Waals surface area contributed by atoms with E-state index < -0.39 is 0 Å². The van der Waals surface area contributed by atoms with Crippen LogP contribution < -0.4 is 5.30 Å². The highest BCUT2D eigenvalue weighted by atomic mass is 31.1. The van der Waals surface area contributed by atoms with Gasteiger partial charge in [-0.3, -0.25) is 0 Å². The summed E-state index contributed by atoms with van der Waals surface area (Å²) in [6.45, 7) is 6.06. The summed E-state index contributed by atoms with van der Waals surface area (Å²) in [6.07, 6.45) is 4.40. The van der Waals surface area contributed by atoms with Gasteiger partial charge in [-0.05, 0) is 24.6 Å². The molecule has 0 saturated carbocycles. The van der Waals surface area contributed by atoms with Gasteiger partial charge in [-0.15, -0.1) is 6.58 Å². The molecule has 0 aromatic heterocycles. The quantitative estimate of drug-likeness (QED) is 0.491. The molecule has 0 aliphatic carbocycles. The molecule has 0 radical (unpaired) electrons. The van der Waals surface area contributed by atoms with Crippen molar-refractivity contribution in [1.82, 2.24) is 0 Å². The van der Waals surface area contributed by atoms with Crippen LogP contribution in [-0.2, 0) is 0 Å². The first kappa shape index (κ1) is 9.48. The molecule has 0 aliphatic heterocycles. The first-order valence-electron chi connectivity index (χ1n) is 4.21. The summed E-state index contributed by atoms with van der Waals surface area (Å²) in [5.74, 6) is 0. The van der Waals surface area contributed by atoms with E-state index in [0.717, 1.165) is 6.42 Å². The van der Waals surface area contributed by atoms with E-state index in [2.05, 4.69) is 43.6 Å². The van der Waals surface area contributed by atoms with Crippen molar-refractivity contribution in [2.45, 2.75) is 6.42 Å². The van der Waals surface area contributed by atoms with Crippen LogP contribution in [0.5, 0.6) is 0 Å². The Morgan fingerprint density at radius 1 is 1.33 bits per heavy atom. The SMILES string of the molecule is C=CCCP(C)c1ccccc1. The van der Waals surface area contributed by atoms with Gasteiger partial charge < -0.3 is 0 Å². The fourth-order valence-corrected chi connectivity index (χ4v) is 2.61. The Morgan fingerprint density at radius 3 is 2.58 bits per heavy atom. The van der Waals surface area contributed by atoms with Crippen molar-refractivity contribution >= 4 is 13.2 Å². The van der Waals surface area contributed by atoms with Crippen molar-refractivity contribution in [3.8, 4) is 0 Å². The van der Waals surface area contributed by atoms with E-state index in [0.29, 0.717) is 0 Å². The maximum absolute atomic E-state index is 3.74. The van der Waals surface area contributed by atoms with Gasteiger partial charge in [0.25, 0.3) is 0 Å². The van der Waals surface area contributed by atoms with Gasteiger partial charge in [0, 0.05) is 0 Å². The highest BCUT2D eigenvalue weighted by Gasteiger charge is 2.00. The monoisotopic (exact) mass is 178 g/mol. The number of allylic oxidation sites excluding steroid dienone is 1. The van der Waals surface area contributed by atoms with E-state index in [1.165, 1.54) is 11.5 Å². The average Bonchev–Trinajstić information content (AvgIpc) is 2.15. The number of benzene rings is 1. The third-order valence-electron chi connectivity index (χ3n) is 1.87. The van der Waals surface area contributed by atoms with Crippen LogP contribution in [0.1, 0.15) is 6.42 Å². The minimum absolute atomic E-state index is 0.0472. The van der Waals surface area contributed by atoms with Crippen LogP contribution in [0.4, 0.5) is 0 Å². The Balaban J connectivity index is 2.53. The minimum Gasteiger partial charge on any atom is -0.103 e. The van der Waals surface area contributed by atoms with Gasteiger partial charge in [-0.1, -0.05) is 44.3 Å². The van der Waals surface area contributed by atoms with Crippen LogP contribution in [-0.4, -0.2) is 12.8 Å². The Kier molecular flexibility index (Phi) is 4.04. The van der Waals surface area contributed by atoms with Crippen LogP contribution >= 0.6 is 7.92 Å². The van der Waals surface area contributed by atoms with Gasteiger partial charge in [-0.25, -0.2) is 0 Å². The highest BCUT2D eigenvalue weighted by Crippen LogP contribution is 2.29. The van der Waals surface area contributed by atoms with E-state index >= 15 is 0 Å². The van der Waals surface area contributed by atoms with Crippen LogP contribution in [0, 0.1) is 0 Å². The molecular formula is C11H15P. The molecule has 0 saturated heterocycles. The zero-order valence-electron chi connectivity index (χ0n) is 7.53. The molecule has 0 aliphatic rings. The Hall–Kier alpha value is -0.610. The maximum atomic E-state index is 3.74. The highest BCUT2D eigenvalue weighted by molar-refractivity contribution is 7.64. The van der Waals surface area contributed by atoms with Gasteiger partial charge in [-0.2, -0.15) is 0 Å². The van der Waals surface area contributed by atoms with Crippen molar-refractivity contribution in [1.29, 1.82) is 0 Å². The second kappa shape index (κ2) is 5.11. The average molecular weight is 178 g/mol. The topological polar surface area (TPSA) is 0 Å². The number of hydrogen-bond acceptors (Lipinski definition) is 0. The van der Waals surface area contributed by atoms with Gasteiger partial charge in [0.2, 0.25) is 0 Å². The molecule has 0 nitrogen and oxygen atoms in total. The molecule has 0 amide bonds. The molecule has 0 heterocycles. The molecule has 1 aromatic carbocycles. The van der Waals surface area contributed by atoms with Gasteiger partial charge in [0.1, 0.15) is 0 Å². The molecule has 1 heteroatoms. The van der Waals surface area contributed by atoms with Crippen LogP contribution in [0.25, 0.3) is 0 Å². The second-order valence-corrected chi connectivity index (χ2v) is 5.19. The molecule has 64 valence electrons. The maximum Gasteiger partial charge on any atom is -0.0243 e. The molecule has 1 rings (SSSR count). The molecule has 1 aromatic rings. The molecule has 12 heavy (non-hydrogen) atoms. The summed E-state index contributed by atoms with van der Waals surface area (Å²) in [5, 5.41) is 1.49. The van der Waals surface area contributed by atoms with Crippen molar-refractivity contribution in [3.05, 3.63) is 43.0 Å². The molecule has 0 bridgehead atoms. The predicted octanol–water partition coefficient (Wildman–Crippen LogP) is 3.00. The van der Waals surface area contributed by atoms with E-state index in [9.17, 15) is 0 Å². The third kappa shape index (κ3) is 2.79. The Morgan fingerprint density at radius 2 is 2.00 bits per heavy atom. The van der Waals surface area contributed by atoms with E-state index in [1.54, 1.807) is 0 Å². The summed E-state index contributed by atoms with van der Waals surface area (Å²) in [6, 6.07) is 10.7. The fraction of sp³-hybridized carbons (Fsp3) is 0.273. The largest absolute Gasteiger partial charge is 0.103 e. The summed E-state index contributed by atoms with van der Waals surface area (Å²) >= 11 is 0. The van der Waals surface area contributed by atoms with E-state index in [1.807, 2.05) is 6.08 Å². The lowest BCUT2D eigenvalue weighted by Crippen LogP contribution is -2.00. The standard InChI is InChI=1S/C11H15P/c1-3-4-10-12(2)11-8-6-5-7-9-11/h3,5-9H,1,4,10H2,2H3. The first-order chi connectivity index (χ1) is 5.84. The normalized spacial score (nSPS) is 12.4. The molecular weight excluding hydrogens is 163 g/mol. The zero-order valence-corrected chi connectivity index (χ0v) is 8.43. The summed E-state index contributed by atoms with van der Waals surface area (Å²) < 4.78 is 0. The van der Waals surface area contributed by atoms with Crippen molar-refractivity contribution in [3.63, 3.8) is 0 Å². The van der Waals surface area contributed by atoms with Crippen molar-refractivity contribution in [2.24, 2.45) is 0 Å². The van der Waals surface area contributed by atoms with Gasteiger partial charge in [0.15, 0.2) is 0 Å². The predicted molar refractivity (Wildman–Crippen MR) is 58.6 cm³/mol. The van der Waals surface area contributed by atoms with Crippen molar-refractivity contribution in [2.75, 3.05) is 12.8 Å². The lowest BCUT2D eigenvalue weighted by Gasteiger charge is -2.10. The first-order valence-corrected chi connectivity index (χ1v) is 6.19. The lowest BCUT2D eigenvalue weighted by atomic mass is 10.4. The third-order valence-corrected chi connectivity index (χ3v) is 3.97. The lowest BCUT2D eigenvalue weighted by molar-refractivity contribution is 1.24. The molecule has 0 fully saturated rings. The summed E-state index contributed by atoms with van der Waals surface area (Å²) in [7, 11) is 0.0472. The second-order valence-electron chi connectivity index (χ2n) is 2.83. The Labute approximate surface area is 76.1 Å². The van der Waals surface area contributed by atoms with E-state index in [4.69, 9.17) is 0 Å². The van der Waals surface area contributed by atoms with E-state index in [-0.39, 0.29) is 7.92 Å². The number of rotatable bonds is 4. The number of hydrogen-bond donors (Lipinski definition) is 0. The Bertz CT molecular complexity index is 228. The smallest absolute Gasteiger partial charge is 0.0243 e. The molecule has 1 atom stereocenters. The van der Waals surface area contributed by atoms with Crippen LogP contribution in [0.3, 0.4) is 0 Å².